The number of hydrogen-bond donors (Lipinski definition) is 2. The van der Waals surface area contributed by atoms with E-state index in [1.54, 1.807) is 7.11 Å². The lowest BCUT2D eigenvalue weighted by Gasteiger charge is -2.32. The normalized spacial score (nSPS) is 15.1. The van der Waals surface area contributed by atoms with Crippen LogP contribution in [0, 0.1) is 5.92 Å². The lowest BCUT2D eigenvalue weighted by atomic mass is 9.90. The molecule has 0 unspecified atom stereocenters. The quantitative estimate of drug-likeness (QED) is 0.751. The van der Waals surface area contributed by atoms with Crippen molar-refractivity contribution in [3.8, 4) is 5.75 Å². The summed E-state index contributed by atoms with van der Waals surface area (Å²) in [6, 6.07) is 7.99. The molecule has 1 heterocycles. The summed E-state index contributed by atoms with van der Waals surface area (Å²) in [5, 5.41) is 11.4. The Morgan fingerprint density at radius 1 is 1.29 bits per heavy atom. The first-order valence-electron chi connectivity index (χ1n) is 8.46. The Labute approximate surface area is 142 Å². The largest absolute Gasteiger partial charge is 0.496 e. The van der Waals surface area contributed by atoms with Crippen molar-refractivity contribution in [1.29, 1.82) is 0 Å². The number of benzene rings is 1. The highest BCUT2D eigenvalue weighted by atomic mass is 16.5. The molecule has 2 N–H and O–H groups in total. The van der Waals surface area contributed by atoms with Gasteiger partial charge in [0.15, 0.2) is 0 Å². The number of carboxylic acids is 1. The molecular weight excluding hydrogens is 308 g/mol. The first-order valence-corrected chi connectivity index (χ1v) is 8.46. The maximum absolute atomic E-state index is 12.1. The van der Waals surface area contributed by atoms with Crippen LogP contribution in [-0.2, 0) is 11.2 Å². The Hall–Kier alpha value is -2.24. The van der Waals surface area contributed by atoms with E-state index >= 15 is 0 Å². The molecule has 2 rings (SSSR count). The predicted molar refractivity (Wildman–Crippen MR) is 91.3 cm³/mol. The van der Waals surface area contributed by atoms with Crippen LogP contribution in [0.2, 0.25) is 0 Å². The van der Waals surface area contributed by atoms with Gasteiger partial charge in [0.05, 0.1) is 7.11 Å². The summed E-state index contributed by atoms with van der Waals surface area (Å²) in [6.07, 6.45) is 3.46. The molecule has 24 heavy (non-hydrogen) atoms. The minimum Gasteiger partial charge on any atom is -0.496 e. The van der Waals surface area contributed by atoms with Crippen molar-refractivity contribution in [3.05, 3.63) is 29.8 Å². The number of para-hydroxylation sites is 1. The van der Waals surface area contributed by atoms with E-state index in [1.807, 2.05) is 23.1 Å². The predicted octanol–water partition coefficient (Wildman–Crippen LogP) is 2.52. The number of carboxylic acid groups (broad SMARTS) is 1. The summed E-state index contributed by atoms with van der Waals surface area (Å²) in [7, 11) is 1.69. The molecule has 1 fully saturated rings. The number of urea groups is 1. The summed E-state index contributed by atoms with van der Waals surface area (Å²) >= 11 is 0. The second-order valence-corrected chi connectivity index (χ2v) is 6.18. The van der Waals surface area contributed by atoms with Crippen LogP contribution in [0.4, 0.5) is 4.79 Å². The van der Waals surface area contributed by atoms with E-state index in [0.29, 0.717) is 18.9 Å². The van der Waals surface area contributed by atoms with Gasteiger partial charge in [0, 0.05) is 26.1 Å². The van der Waals surface area contributed by atoms with Gasteiger partial charge in [0.25, 0.3) is 0 Å². The van der Waals surface area contributed by atoms with E-state index in [1.165, 1.54) is 5.56 Å². The van der Waals surface area contributed by atoms with Crippen LogP contribution in [-0.4, -0.2) is 48.8 Å². The number of ether oxygens (including phenoxy) is 1. The van der Waals surface area contributed by atoms with Gasteiger partial charge in [-0.3, -0.25) is 4.79 Å². The number of likely N-dealkylation sites (tertiary alicyclic amines) is 1. The van der Waals surface area contributed by atoms with Crippen LogP contribution < -0.4 is 10.1 Å². The third-order valence-electron chi connectivity index (χ3n) is 4.45. The number of carbonyl (C=O) groups is 2. The molecule has 6 nitrogen and oxygen atoms in total. The van der Waals surface area contributed by atoms with Crippen LogP contribution in [0.15, 0.2) is 24.3 Å². The van der Waals surface area contributed by atoms with Gasteiger partial charge >= 0.3 is 12.0 Å². The lowest BCUT2D eigenvalue weighted by Crippen LogP contribution is -2.45. The Morgan fingerprint density at radius 2 is 2.00 bits per heavy atom. The molecule has 1 aromatic rings. The minimum absolute atomic E-state index is 0.0846. The molecular formula is C18H26N2O4. The van der Waals surface area contributed by atoms with E-state index < -0.39 is 5.97 Å². The van der Waals surface area contributed by atoms with Gasteiger partial charge in [-0.1, -0.05) is 18.2 Å². The van der Waals surface area contributed by atoms with Crippen LogP contribution in [0.5, 0.6) is 5.75 Å². The topological polar surface area (TPSA) is 78.9 Å². The molecule has 0 aromatic heterocycles. The Bertz CT molecular complexity index is 554. The molecule has 132 valence electrons. The van der Waals surface area contributed by atoms with Crippen molar-refractivity contribution < 1.29 is 19.4 Å². The number of piperidine rings is 1. The van der Waals surface area contributed by atoms with E-state index in [0.717, 1.165) is 38.1 Å². The maximum Gasteiger partial charge on any atom is 0.317 e. The first kappa shape index (κ1) is 18.1. The van der Waals surface area contributed by atoms with Crippen LogP contribution in [0.25, 0.3) is 0 Å². The van der Waals surface area contributed by atoms with Gasteiger partial charge in [-0.25, -0.2) is 4.79 Å². The fourth-order valence-electron chi connectivity index (χ4n) is 3.07. The zero-order valence-corrected chi connectivity index (χ0v) is 14.2. The highest BCUT2D eigenvalue weighted by Gasteiger charge is 2.23. The van der Waals surface area contributed by atoms with Crippen molar-refractivity contribution >= 4 is 12.0 Å². The van der Waals surface area contributed by atoms with Crippen LogP contribution in [0.3, 0.4) is 0 Å². The van der Waals surface area contributed by atoms with E-state index in [2.05, 4.69) is 11.4 Å². The van der Waals surface area contributed by atoms with Crippen LogP contribution >= 0.6 is 0 Å². The molecule has 0 atom stereocenters. The number of rotatable bonds is 7. The summed E-state index contributed by atoms with van der Waals surface area (Å²) in [5.41, 5.74) is 1.22. The van der Waals surface area contributed by atoms with Gasteiger partial charge in [-0.2, -0.15) is 0 Å². The number of hydrogen-bond acceptors (Lipinski definition) is 3. The fourth-order valence-corrected chi connectivity index (χ4v) is 3.07. The Balaban J connectivity index is 1.73. The van der Waals surface area contributed by atoms with Crippen molar-refractivity contribution in [2.75, 3.05) is 26.7 Å². The number of methoxy groups -OCH3 is 1. The molecule has 2 amide bonds. The monoisotopic (exact) mass is 334 g/mol. The molecule has 0 radical (unpaired) electrons. The number of amides is 2. The van der Waals surface area contributed by atoms with Crippen molar-refractivity contribution in [3.63, 3.8) is 0 Å². The fraction of sp³-hybridized carbons (Fsp3) is 0.556. The molecule has 0 spiro atoms. The third kappa shape index (κ3) is 5.44. The van der Waals surface area contributed by atoms with Gasteiger partial charge < -0.3 is 20.1 Å². The number of aliphatic carboxylic acids is 1. The summed E-state index contributed by atoms with van der Waals surface area (Å²) in [5.74, 6) is 0.648. The van der Waals surface area contributed by atoms with E-state index in [-0.39, 0.29) is 12.5 Å². The van der Waals surface area contributed by atoms with Gasteiger partial charge in [-0.05, 0) is 43.2 Å². The molecule has 1 aromatic carbocycles. The van der Waals surface area contributed by atoms with E-state index in [9.17, 15) is 9.59 Å². The van der Waals surface area contributed by atoms with Crippen LogP contribution in [0.1, 0.15) is 31.2 Å². The van der Waals surface area contributed by atoms with Gasteiger partial charge in [-0.15, -0.1) is 0 Å². The summed E-state index contributed by atoms with van der Waals surface area (Å²) in [4.78, 5) is 24.3. The van der Waals surface area contributed by atoms with Crippen molar-refractivity contribution in [2.45, 2.75) is 32.1 Å². The molecule has 0 saturated carbocycles. The Morgan fingerprint density at radius 3 is 2.67 bits per heavy atom. The number of carbonyl (C=O) groups excluding carboxylic acids is 1. The lowest BCUT2D eigenvalue weighted by molar-refractivity contribution is -0.137. The number of nitrogens with zero attached hydrogens (tertiary/aromatic N) is 1. The van der Waals surface area contributed by atoms with Gasteiger partial charge in [0.2, 0.25) is 0 Å². The first-order chi connectivity index (χ1) is 11.6. The zero-order valence-electron chi connectivity index (χ0n) is 14.2. The number of nitrogens with one attached hydrogen (secondary N) is 1. The molecule has 6 heteroatoms. The second kappa shape index (κ2) is 9.15. The standard InChI is InChI=1S/C18H26N2O4/c1-24-16-6-3-2-5-15(16)13-14-8-11-20(12-9-14)18(23)19-10-4-7-17(21)22/h2-3,5-6,14H,4,7-13H2,1H3,(H,19,23)(H,21,22). The molecule has 1 aliphatic rings. The summed E-state index contributed by atoms with van der Waals surface area (Å²) < 4.78 is 5.40. The third-order valence-corrected chi connectivity index (χ3v) is 4.45. The smallest absolute Gasteiger partial charge is 0.317 e. The van der Waals surface area contributed by atoms with E-state index in [4.69, 9.17) is 9.84 Å². The van der Waals surface area contributed by atoms with Crippen molar-refractivity contribution in [2.24, 2.45) is 5.92 Å². The molecule has 0 aliphatic carbocycles. The zero-order chi connectivity index (χ0) is 17.4. The molecule has 1 saturated heterocycles. The highest BCUT2D eigenvalue weighted by molar-refractivity contribution is 5.74. The average Bonchev–Trinajstić information content (AvgIpc) is 2.59. The maximum atomic E-state index is 12.1. The second-order valence-electron chi connectivity index (χ2n) is 6.18. The highest BCUT2D eigenvalue weighted by Crippen LogP contribution is 2.26. The van der Waals surface area contributed by atoms with Crippen molar-refractivity contribution in [1.82, 2.24) is 10.2 Å². The Kier molecular flexibility index (Phi) is 6.90. The molecule has 0 bridgehead atoms. The van der Waals surface area contributed by atoms with Gasteiger partial charge in [0.1, 0.15) is 5.75 Å². The molecule has 1 aliphatic heterocycles. The average molecular weight is 334 g/mol. The minimum atomic E-state index is -0.832. The summed E-state index contributed by atoms with van der Waals surface area (Å²) in [6.45, 7) is 1.89. The SMILES string of the molecule is COc1ccccc1CC1CCN(C(=O)NCCCC(=O)O)CC1.